The van der Waals surface area contributed by atoms with Crippen LogP contribution < -0.4 is 5.30 Å². The van der Waals surface area contributed by atoms with Gasteiger partial charge in [-0.25, -0.2) is 0 Å². The summed E-state index contributed by atoms with van der Waals surface area (Å²) in [4.78, 5) is 0. The zero-order chi connectivity index (χ0) is 15.7. The Balaban J connectivity index is 1.48. The molecule has 0 radical (unpaired) electrons. The van der Waals surface area contributed by atoms with Crippen LogP contribution in [0, 0.1) is 0 Å². The summed E-state index contributed by atoms with van der Waals surface area (Å²) < 4.78 is 0. The Morgan fingerprint density at radius 1 is 0.783 bits per heavy atom. The van der Waals surface area contributed by atoms with Crippen LogP contribution in [0.4, 0.5) is 0 Å². The summed E-state index contributed by atoms with van der Waals surface area (Å²) in [6.07, 6.45) is 19.9. The van der Waals surface area contributed by atoms with E-state index in [-0.39, 0.29) is 0 Å². The first-order valence-electron chi connectivity index (χ1n) is 9.98. The van der Waals surface area contributed by atoms with Gasteiger partial charge in [-0.1, -0.05) is 77.4 Å². The quantitative estimate of drug-likeness (QED) is 0.388. The summed E-state index contributed by atoms with van der Waals surface area (Å²) >= 11 is 0. The lowest BCUT2D eigenvalue weighted by Gasteiger charge is -2.38. The Bertz CT molecular complexity index is 401. The highest BCUT2D eigenvalue weighted by atomic mass is 31.1. The van der Waals surface area contributed by atoms with Gasteiger partial charge in [0.15, 0.2) is 0 Å². The highest BCUT2D eigenvalue weighted by Gasteiger charge is 2.30. The second-order valence-corrected chi connectivity index (χ2v) is 11.8. The van der Waals surface area contributed by atoms with Crippen molar-refractivity contribution in [3.05, 3.63) is 30.3 Å². The highest BCUT2D eigenvalue weighted by Crippen LogP contribution is 2.56. The summed E-state index contributed by atoms with van der Waals surface area (Å²) in [5.41, 5.74) is 2.28. The Labute approximate surface area is 146 Å². The first-order chi connectivity index (χ1) is 11.4. The molecular weight excluding hydrogens is 314 g/mol. The predicted molar refractivity (Wildman–Crippen MR) is 109 cm³/mol. The molecule has 1 aromatic rings. The van der Waals surface area contributed by atoms with E-state index in [1.54, 1.807) is 37.1 Å². The van der Waals surface area contributed by atoms with Crippen LogP contribution in [0.3, 0.4) is 0 Å². The van der Waals surface area contributed by atoms with Crippen LogP contribution in [0.5, 0.6) is 0 Å². The number of rotatable bonds is 7. The van der Waals surface area contributed by atoms with Crippen LogP contribution >= 0.6 is 16.5 Å². The third-order valence-corrected chi connectivity index (χ3v) is 10.9. The molecule has 0 amide bonds. The van der Waals surface area contributed by atoms with Gasteiger partial charge in [0.2, 0.25) is 0 Å². The largest absolute Gasteiger partial charge is 0.100 e. The van der Waals surface area contributed by atoms with Crippen molar-refractivity contribution in [2.45, 2.75) is 81.9 Å². The Morgan fingerprint density at radius 2 is 1.35 bits per heavy atom. The van der Waals surface area contributed by atoms with Crippen molar-refractivity contribution >= 4 is 21.8 Å². The molecule has 1 unspecified atom stereocenters. The Hall–Kier alpha value is 0.0800. The lowest BCUT2D eigenvalue weighted by molar-refractivity contribution is 0.484. The van der Waals surface area contributed by atoms with E-state index >= 15 is 0 Å². The SMILES string of the molecule is c1ccc(PCCCP(C2CCCCC2)C2CCCCC2)cc1. The van der Waals surface area contributed by atoms with Gasteiger partial charge in [-0.05, 0) is 61.1 Å². The third-order valence-electron chi connectivity index (χ3n) is 5.78. The van der Waals surface area contributed by atoms with Crippen LogP contribution in [-0.2, 0) is 0 Å². The molecule has 2 aliphatic rings. The minimum absolute atomic E-state index is 0.327. The summed E-state index contributed by atoms with van der Waals surface area (Å²) in [7, 11) is 1.36. The van der Waals surface area contributed by atoms with Crippen molar-refractivity contribution in [2.75, 3.05) is 12.3 Å². The number of hydrogen-bond donors (Lipinski definition) is 0. The molecule has 0 aliphatic heterocycles. The molecule has 0 bridgehead atoms. The van der Waals surface area contributed by atoms with Crippen LogP contribution in [0.2, 0.25) is 0 Å². The standard InChI is InChI=1S/C21H34P2/c1-4-11-19(12-5-1)22-17-10-18-23(20-13-6-2-7-14-20)21-15-8-3-9-16-21/h1,4-5,11-12,20-22H,2-3,6-10,13-18H2. The maximum atomic E-state index is 2.31. The lowest BCUT2D eigenvalue weighted by atomic mass is 9.99. The fourth-order valence-electron chi connectivity index (χ4n) is 4.54. The molecule has 0 aromatic heterocycles. The van der Waals surface area contributed by atoms with Gasteiger partial charge in [-0.2, -0.15) is 0 Å². The van der Waals surface area contributed by atoms with Crippen molar-refractivity contribution in [1.29, 1.82) is 0 Å². The van der Waals surface area contributed by atoms with Gasteiger partial charge in [0.25, 0.3) is 0 Å². The van der Waals surface area contributed by atoms with Crippen LogP contribution in [0.15, 0.2) is 30.3 Å². The van der Waals surface area contributed by atoms with Gasteiger partial charge in [-0.15, -0.1) is 7.92 Å². The smallest absolute Gasteiger partial charge is 0.0207 e. The summed E-state index contributed by atoms with van der Waals surface area (Å²) in [5, 5.41) is 1.56. The lowest BCUT2D eigenvalue weighted by Crippen LogP contribution is -2.22. The summed E-state index contributed by atoms with van der Waals surface area (Å²) in [6, 6.07) is 11.1. The van der Waals surface area contributed by atoms with Gasteiger partial charge in [0.05, 0.1) is 0 Å². The van der Waals surface area contributed by atoms with E-state index in [1.807, 2.05) is 0 Å². The maximum absolute atomic E-state index is 2.31. The molecule has 0 heterocycles. The average molecular weight is 348 g/mol. The maximum Gasteiger partial charge on any atom is -0.0207 e. The van der Waals surface area contributed by atoms with Gasteiger partial charge < -0.3 is 0 Å². The molecule has 128 valence electrons. The monoisotopic (exact) mass is 348 g/mol. The minimum Gasteiger partial charge on any atom is -0.100 e. The summed E-state index contributed by atoms with van der Waals surface area (Å²) in [6.45, 7) is 0. The molecule has 1 aromatic carbocycles. The van der Waals surface area contributed by atoms with E-state index in [1.165, 1.54) is 51.1 Å². The van der Waals surface area contributed by atoms with Gasteiger partial charge in [-0.3, -0.25) is 0 Å². The number of benzene rings is 1. The van der Waals surface area contributed by atoms with Crippen LogP contribution in [0.25, 0.3) is 0 Å². The van der Waals surface area contributed by atoms with E-state index in [9.17, 15) is 0 Å². The number of hydrogen-bond acceptors (Lipinski definition) is 0. The van der Waals surface area contributed by atoms with E-state index in [4.69, 9.17) is 0 Å². The van der Waals surface area contributed by atoms with Gasteiger partial charge >= 0.3 is 0 Å². The van der Waals surface area contributed by atoms with Gasteiger partial charge in [0, 0.05) is 0 Å². The highest BCUT2D eigenvalue weighted by molar-refractivity contribution is 7.59. The molecule has 3 rings (SSSR count). The van der Waals surface area contributed by atoms with E-state index in [0.29, 0.717) is 7.92 Å². The molecule has 2 fully saturated rings. The van der Waals surface area contributed by atoms with Crippen molar-refractivity contribution in [1.82, 2.24) is 0 Å². The van der Waals surface area contributed by atoms with Crippen LogP contribution in [0.1, 0.15) is 70.6 Å². The van der Waals surface area contributed by atoms with E-state index in [2.05, 4.69) is 30.3 Å². The van der Waals surface area contributed by atoms with Crippen molar-refractivity contribution in [3.8, 4) is 0 Å². The molecule has 23 heavy (non-hydrogen) atoms. The molecule has 0 N–H and O–H groups in total. The fraction of sp³-hybridized carbons (Fsp3) is 0.714. The molecule has 2 aliphatic carbocycles. The van der Waals surface area contributed by atoms with E-state index < -0.39 is 0 Å². The van der Waals surface area contributed by atoms with Crippen molar-refractivity contribution in [3.63, 3.8) is 0 Å². The average Bonchev–Trinajstić information content (AvgIpc) is 2.64. The third kappa shape index (κ3) is 5.83. The Morgan fingerprint density at radius 3 is 1.91 bits per heavy atom. The minimum atomic E-state index is 0.327. The molecule has 0 nitrogen and oxygen atoms in total. The first-order valence-corrected chi connectivity index (χ1v) is 12.9. The topological polar surface area (TPSA) is 0 Å². The van der Waals surface area contributed by atoms with E-state index in [0.717, 1.165) is 19.9 Å². The first kappa shape index (κ1) is 17.9. The zero-order valence-corrected chi connectivity index (χ0v) is 16.6. The molecule has 1 atom stereocenters. The van der Waals surface area contributed by atoms with Crippen molar-refractivity contribution in [2.24, 2.45) is 0 Å². The molecule has 2 heteroatoms. The van der Waals surface area contributed by atoms with Crippen LogP contribution in [-0.4, -0.2) is 23.6 Å². The molecule has 0 saturated heterocycles. The summed E-state index contributed by atoms with van der Waals surface area (Å²) in [5.74, 6) is 0. The molecule has 2 saturated carbocycles. The zero-order valence-electron chi connectivity index (χ0n) is 14.7. The van der Waals surface area contributed by atoms with Gasteiger partial charge in [0.1, 0.15) is 0 Å². The van der Waals surface area contributed by atoms with Crippen molar-refractivity contribution < 1.29 is 0 Å². The second-order valence-electron chi connectivity index (χ2n) is 7.47. The molecular formula is C21H34P2. The molecule has 0 spiro atoms. The fourth-order valence-corrected chi connectivity index (χ4v) is 9.81. The second kappa shape index (κ2) is 10.2. The normalized spacial score (nSPS) is 21.4. The predicted octanol–water partition coefficient (Wildman–Crippen LogP) is 6.53. The Kier molecular flexibility index (Phi) is 7.90.